The topological polar surface area (TPSA) is 84.7 Å². The lowest BCUT2D eigenvalue weighted by Gasteiger charge is -2.38. The molecule has 2 aromatic rings. The van der Waals surface area contributed by atoms with Crippen molar-refractivity contribution < 1.29 is 18.8 Å². The molecule has 1 aromatic carbocycles. The fourth-order valence-electron chi connectivity index (χ4n) is 3.62. The first-order chi connectivity index (χ1) is 12.5. The molecule has 2 aliphatic heterocycles. The van der Waals surface area contributed by atoms with E-state index in [9.17, 15) is 9.59 Å². The molecular formula is C18H18ClN3O4. The molecule has 1 N–H and O–H groups in total. The van der Waals surface area contributed by atoms with E-state index < -0.39 is 11.7 Å². The number of halogens is 1. The third-order valence-electron chi connectivity index (χ3n) is 4.90. The fraction of sp³-hybridized carbons (Fsp3) is 0.389. The Balaban J connectivity index is 1.66. The Kier molecular flexibility index (Phi) is 4.11. The molecule has 26 heavy (non-hydrogen) atoms. The highest BCUT2D eigenvalue weighted by Gasteiger charge is 2.45. The summed E-state index contributed by atoms with van der Waals surface area (Å²) in [6, 6.07) is 7.20. The Morgan fingerprint density at radius 2 is 2.19 bits per heavy atom. The number of aryl methyl sites for hydroxylation is 1. The van der Waals surface area contributed by atoms with Crippen molar-refractivity contribution in [1.29, 1.82) is 0 Å². The molecule has 2 saturated heterocycles. The maximum absolute atomic E-state index is 13.2. The second-order valence-corrected chi connectivity index (χ2v) is 7.11. The maximum Gasteiger partial charge on any atom is 0.407 e. The van der Waals surface area contributed by atoms with E-state index in [-0.39, 0.29) is 5.91 Å². The summed E-state index contributed by atoms with van der Waals surface area (Å²) in [5.41, 5.74) is 0.822. The third-order valence-corrected chi connectivity index (χ3v) is 5.23. The summed E-state index contributed by atoms with van der Waals surface area (Å²) < 4.78 is 10.7. The molecule has 0 saturated carbocycles. The van der Waals surface area contributed by atoms with Crippen LogP contribution in [0.1, 0.15) is 29.0 Å². The van der Waals surface area contributed by atoms with Crippen molar-refractivity contribution in [1.82, 2.24) is 15.4 Å². The summed E-state index contributed by atoms with van der Waals surface area (Å²) in [5.74, 6) is 0.242. The van der Waals surface area contributed by atoms with E-state index in [4.69, 9.17) is 20.9 Å². The van der Waals surface area contributed by atoms with E-state index in [1.165, 1.54) is 0 Å². The van der Waals surface area contributed by atoms with Crippen LogP contribution in [0.4, 0.5) is 4.79 Å². The molecule has 1 spiro atoms. The summed E-state index contributed by atoms with van der Waals surface area (Å²) in [6.07, 6.45) is 1.05. The quantitative estimate of drug-likeness (QED) is 0.872. The summed E-state index contributed by atoms with van der Waals surface area (Å²) in [6.45, 7) is 3.05. The van der Waals surface area contributed by atoms with Gasteiger partial charge in [-0.15, -0.1) is 0 Å². The Morgan fingerprint density at radius 1 is 1.38 bits per heavy atom. The monoisotopic (exact) mass is 375 g/mol. The predicted octanol–water partition coefficient (Wildman–Crippen LogP) is 3.02. The molecule has 2 amide bonds. The van der Waals surface area contributed by atoms with Gasteiger partial charge < -0.3 is 19.5 Å². The van der Waals surface area contributed by atoms with Crippen LogP contribution in [-0.4, -0.2) is 47.3 Å². The van der Waals surface area contributed by atoms with Gasteiger partial charge in [0.25, 0.3) is 5.91 Å². The zero-order valence-electron chi connectivity index (χ0n) is 14.3. The molecule has 0 bridgehead atoms. The molecule has 0 radical (unpaired) electrons. The van der Waals surface area contributed by atoms with Crippen LogP contribution in [-0.2, 0) is 4.74 Å². The molecular weight excluding hydrogens is 358 g/mol. The van der Waals surface area contributed by atoms with E-state index >= 15 is 0 Å². The number of amides is 2. The zero-order chi connectivity index (χ0) is 18.3. The van der Waals surface area contributed by atoms with Crippen LogP contribution in [0.5, 0.6) is 0 Å². The molecule has 0 aliphatic carbocycles. The molecule has 2 aliphatic rings. The summed E-state index contributed by atoms with van der Waals surface area (Å²) in [5, 5.41) is 7.24. The number of ether oxygens (including phenoxy) is 1. The van der Waals surface area contributed by atoms with Crippen LogP contribution in [0.3, 0.4) is 0 Å². The predicted molar refractivity (Wildman–Crippen MR) is 94.0 cm³/mol. The average Bonchev–Trinajstić information content (AvgIpc) is 3.18. The average molecular weight is 376 g/mol. The van der Waals surface area contributed by atoms with Crippen molar-refractivity contribution in [2.24, 2.45) is 0 Å². The highest BCUT2D eigenvalue weighted by Crippen LogP contribution is 2.34. The number of benzene rings is 1. The second kappa shape index (κ2) is 6.32. The SMILES string of the molecule is Cc1onc(-c2ccccc2Cl)c1C(=O)N1CCCC2(CNC(=O)O2)C1. The first kappa shape index (κ1) is 16.9. The van der Waals surface area contributed by atoms with Gasteiger partial charge in [-0.05, 0) is 25.8 Å². The number of nitrogens with zero attached hydrogens (tertiary/aromatic N) is 2. The van der Waals surface area contributed by atoms with Crippen molar-refractivity contribution in [2.75, 3.05) is 19.6 Å². The lowest BCUT2D eigenvalue weighted by atomic mass is 9.92. The van der Waals surface area contributed by atoms with Crippen molar-refractivity contribution in [3.63, 3.8) is 0 Å². The van der Waals surface area contributed by atoms with Gasteiger partial charge in [0.15, 0.2) is 0 Å². The minimum atomic E-state index is -0.652. The summed E-state index contributed by atoms with van der Waals surface area (Å²) in [7, 11) is 0. The van der Waals surface area contributed by atoms with Crippen molar-refractivity contribution in [3.05, 3.63) is 40.6 Å². The molecule has 2 fully saturated rings. The van der Waals surface area contributed by atoms with Gasteiger partial charge in [0.2, 0.25) is 0 Å². The molecule has 136 valence electrons. The molecule has 7 nitrogen and oxygen atoms in total. The highest BCUT2D eigenvalue weighted by atomic mass is 35.5. The number of hydrogen-bond donors (Lipinski definition) is 1. The standard InChI is InChI=1S/C18H18ClN3O4/c1-11-14(15(21-26-11)12-5-2-3-6-13(12)19)16(23)22-8-4-7-18(10-22)9-20-17(24)25-18/h2-3,5-6H,4,7-10H2,1H3,(H,20,24). The summed E-state index contributed by atoms with van der Waals surface area (Å²) >= 11 is 6.27. The summed E-state index contributed by atoms with van der Waals surface area (Å²) in [4.78, 5) is 26.4. The van der Waals surface area contributed by atoms with E-state index in [1.807, 2.05) is 12.1 Å². The number of alkyl carbamates (subject to hydrolysis) is 1. The van der Waals surface area contributed by atoms with Gasteiger partial charge in [0.05, 0.1) is 18.1 Å². The second-order valence-electron chi connectivity index (χ2n) is 6.70. The lowest BCUT2D eigenvalue weighted by molar-refractivity contribution is -0.00508. The Hall–Kier alpha value is -2.54. The van der Waals surface area contributed by atoms with Crippen molar-refractivity contribution in [2.45, 2.75) is 25.4 Å². The number of piperidine rings is 1. The van der Waals surface area contributed by atoms with E-state index in [0.29, 0.717) is 47.2 Å². The number of nitrogens with one attached hydrogen (secondary N) is 1. The molecule has 1 unspecified atom stereocenters. The smallest absolute Gasteiger partial charge is 0.407 e. The first-order valence-corrected chi connectivity index (χ1v) is 8.84. The normalized spacial score (nSPS) is 22.4. The Bertz CT molecular complexity index is 881. The highest BCUT2D eigenvalue weighted by molar-refractivity contribution is 6.33. The molecule has 1 aromatic heterocycles. The maximum atomic E-state index is 13.2. The van der Waals surface area contributed by atoms with Gasteiger partial charge in [-0.3, -0.25) is 4.79 Å². The lowest BCUT2D eigenvalue weighted by Crippen LogP contribution is -2.52. The minimum absolute atomic E-state index is 0.194. The van der Waals surface area contributed by atoms with Crippen LogP contribution in [0.15, 0.2) is 28.8 Å². The van der Waals surface area contributed by atoms with Crippen LogP contribution < -0.4 is 5.32 Å². The van der Waals surface area contributed by atoms with Crippen LogP contribution in [0.25, 0.3) is 11.3 Å². The van der Waals surface area contributed by atoms with Crippen LogP contribution >= 0.6 is 11.6 Å². The number of hydrogen-bond acceptors (Lipinski definition) is 5. The zero-order valence-corrected chi connectivity index (χ0v) is 15.0. The minimum Gasteiger partial charge on any atom is -0.439 e. The molecule has 4 rings (SSSR count). The number of carbonyl (C=O) groups is 2. The van der Waals surface area contributed by atoms with Gasteiger partial charge in [-0.1, -0.05) is 35.0 Å². The Morgan fingerprint density at radius 3 is 2.92 bits per heavy atom. The Labute approximate surface area is 155 Å². The number of aromatic nitrogens is 1. The van der Waals surface area contributed by atoms with Crippen molar-refractivity contribution >= 4 is 23.6 Å². The largest absolute Gasteiger partial charge is 0.439 e. The van der Waals surface area contributed by atoms with E-state index in [0.717, 1.165) is 12.8 Å². The number of likely N-dealkylation sites (tertiary alicyclic amines) is 1. The van der Waals surface area contributed by atoms with Gasteiger partial charge in [-0.25, -0.2) is 4.79 Å². The van der Waals surface area contributed by atoms with Gasteiger partial charge >= 0.3 is 6.09 Å². The fourth-order valence-corrected chi connectivity index (χ4v) is 3.85. The van der Waals surface area contributed by atoms with Gasteiger partial charge in [0.1, 0.15) is 22.6 Å². The van der Waals surface area contributed by atoms with Crippen molar-refractivity contribution in [3.8, 4) is 11.3 Å². The third kappa shape index (κ3) is 2.82. The van der Waals surface area contributed by atoms with E-state index in [2.05, 4.69) is 10.5 Å². The van der Waals surface area contributed by atoms with Crippen LogP contribution in [0.2, 0.25) is 5.02 Å². The first-order valence-electron chi connectivity index (χ1n) is 8.46. The van der Waals surface area contributed by atoms with Gasteiger partial charge in [0, 0.05) is 12.1 Å². The van der Waals surface area contributed by atoms with E-state index in [1.54, 1.807) is 24.0 Å². The van der Waals surface area contributed by atoms with Gasteiger partial charge in [-0.2, -0.15) is 0 Å². The van der Waals surface area contributed by atoms with Crippen LogP contribution in [0, 0.1) is 6.92 Å². The molecule has 1 atom stereocenters. The molecule has 8 heteroatoms. The number of carbonyl (C=O) groups excluding carboxylic acids is 2. The number of rotatable bonds is 2. The molecule has 3 heterocycles.